The normalized spacial score (nSPS) is 13.9. The maximum absolute atomic E-state index is 12.4. The monoisotopic (exact) mass is 463 g/mol. The molecule has 1 saturated heterocycles. The number of amides is 1. The van der Waals surface area contributed by atoms with Crippen LogP contribution in [0.25, 0.3) is 21.9 Å². The highest BCUT2D eigenvalue weighted by Crippen LogP contribution is 2.36. The van der Waals surface area contributed by atoms with Crippen LogP contribution in [-0.4, -0.2) is 70.8 Å². The van der Waals surface area contributed by atoms with E-state index >= 15 is 0 Å². The molecule has 0 aliphatic carbocycles. The molecule has 34 heavy (non-hydrogen) atoms. The number of H-pyrrole nitrogens is 1. The Kier molecular flexibility index (Phi) is 6.13. The van der Waals surface area contributed by atoms with Crippen molar-refractivity contribution in [1.29, 1.82) is 0 Å². The van der Waals surface area contributed by atoms with Gasteiger partial charge in [0.2, 0.25) is 11.8 Å². The molecule has 3 aromatic heterocycles. The minimum Gasteiger partial charge on any atom is -0.493 e. The van der Waals surface area contributed by atoms with Gasteiger partial charge in [-0.2, -0.15) is 0 Å². The van der Waals surface area contributed by atoms with E-state index in [4.69, 9.17) is 18.9 Å². The van der Waals surface area contributed by atoms with Crippen molar-refractivity contribution in [2.24, 2.45) is 0 Å². The number of nitrogens with zero attached hydrogens (tertiary/aromatic N) is 4. The second kappa shape index (κ2) is 9.52. The highest BCUT2D eigenvalue weighted by molar-refractivity contribution is 5.87. The summed E-state index contributed by atoms with van der Waals surface area (Å²) in [4.78, 5) is 30.4. The van der Waals surface area contributed by atoms with Crippen molar-refractivity contribution in [1.82, 2.24) is 24.8 Å². The van der Waals surface area contributed by atoms with E-state index in [1.807, 2.05) is 19.1 Å². The molecule has 5 rings (SSSR count). The number of pyridine rings is 1. The molecule has 0 spiro atoms. The van der Waals surface area contributed by atoms with Gasteiger partial charge in [-0.3, -0.25) is 4.79 Å². The van der Waals surface area contributed by atoms with Crippen molar-refractivity contribution in [3.05, 3.63) is 42.5 Å². The molecule has 0 bridgehead atoms. The number of nitrogens with one attached hydrogen (secondary N) is 1. The predicted octanol–water partition coefficient (Wildman–Crippen LogP) is 3.24. The lowest BCUT2D eigenvalue weighted by atomic mass is 10.2. The van der Waals surface area contributed by atoms with Gasteiger partial charge >= 0.3 is 0 Å². The van der Waals surface area contributed by atoms with Gasteiger partial charge in [-0.15, -0.1) is 0 Å². The van der Waals surface area contributed by atoms with Crippen molar-refractivity contribution < 1.29 is 23.7 Å². The largest absolute Gasteiger partial charge is 0.493 e. The maximum atomic E-state index is 12.4. The van der Waals surface area contributed by atoms with Crippen LogP contribution in [0.1, 0.15) is 12.1 Å². The molecule has 176 valence electrons. The second-order valence-corrected chi connectivity index (χ2v) is 7.95. The summed E-state index contributed by atoms with van der Waals surface area (Å²) in [6.45, 7) is 4.58. The van der Waals surface area contributed by atoms with E-state index in [0.29, 0.717) is 60.3 Å². The van der Waals surface area contributed by atoms with Crippen LogP contribution in [0.5, 0.6) is 23.1 Å². The number of carbonyl (C=O) groups is 1. The number of hydrogen-bond donors (Lipinski definition) is 1. The van der Waals surface area contributed by atoms with Crippen LogP contribution in [0.3, 0.4) is 0 Å². The minimum atomic E-state index is 0.0456. The fourth-order valence-electron chi connectivity index (χ4n) is 3.91. The summed E-state index contributed by atoms with van der Waals surface area (Å²) in [5.74, 6) is 1.99. The van der Waals surface area contributed by atoms with E-state index in [9.17, 15) is 4.79 Å². The number of rotatable bonds is 7. The van der Waals surface area contributed by atoms with Gasteiger partial charge in [0.15, 0.2) is 11.5 Å². The Morgan fingerprint density at radius 1 is 1.12 bits per heavy atom. The van der Waals surface area contributed by atoms with Gasteiger partial charge in [0, 0.05) is 30.2 Å². The molecule has 1 N–H and O–H groups in total. The average molecular weight is 463 g/mol. The van der Waals surface area contributed by atoms with E-state index in [1.54, 1.807) is 30.3 Å². The van der Waals surface area contributed by atoms with Gasteiger partial charge in [-0.05, 0) is 25.1 Å². The van der Waals surface area contributed by atoms with Crippen molar-refractivity contribution in [2.45, 2.75) is 13.3 Å². The van der Waals surface area contributed by atoms with Crippen LogP contribution in [0.2, 0.25) is 0 Å². The van der Waals surface area contributed by atoms with E-state index in [2.05, 4.69) is 19.9 Å². The number of benzene rings is 1. The van der Waals surface area contributed by atoms with Gasteiger partial charge in [0.1, 0.15) is 17.7 Å². The number of fused-ring (bicyclic) bond motifs is 2. The maximum Gasteiger partial charge on any atom is 0.230 e. The molecule has 0 unspecified atom stereocenters. The molecule has 4 aromatic rings. The van der Waals surface area contributed by atoms with Gasteiger partial charge in [-0.25, -0.2) is 15.0 Å². The van der Waals surface area contributed by atoms with Gasteiger partial charge in [0.05, 0.1) is 50.5 Å². The van der Waals surface area contributed by atoms with Gasteiger partial charge in [-0.1, -0.05) is 0 Å². The molecular weight excluding hydrogens is 438 g/mol. The molecule has 10 heteroatoms. The van der Waals surface area contributed by atoms with E-state index in [1.165, 1.54) is 6.33 Å². The SMILES string of the molecule is COc1cc2c(Oc3cnc4[nH]c(C)cc4c3)ncnc2cc1OCCC(=O)N1CCOCC1. The van der Waals surface area contributed by atoms with E-state index in [-0.39, 0.29) is 18.9 Å². The molecule has 1 fully saturated rings. The van der Waals surface area contributed by atoms with Crippen LogP contribution < -0.4 is 14.2 Å². The van der Waals surface area contributed by atoms with Crippen molar-refractivity contribution in [3.63, 3.8) is 0 Å². The van der Waals surface area contributed by atoms with E-state index < -0.39 is 0 Å². The Labute approximate surface area is 195 Å². The molecular formula is C24H25N5O5. The standard InChI is InChI=1S/C24H25N5O5/c1-15-9-16-10-17(13-25-23(16)28-15)34-24-18-11-20(31-2)21(12-19(18)26-14-27-24)33-6-3-22(30)29-4-7-32-8-5-29/h9-14H,3-8H2,1-2H3,(H,25,28). The predicted molar refractivity (Wildman–Crippen MR) is 125 cm³/mol. The Morgan fingerprint density at radius 2 is 1.97 bits per heavy atom. The summed E-state index contributed by atoms with van der Waals surface area (Å²) in [6.07, 6.45) is 3.35. The molecule has 4 heterocycles. The highest BCUT2D eigenvalue weighted by atomic mass is 16.5. The number of hydrogen-bond acceptors (Lipinski definition) is 8. The summed E-state index contributed by atoms with van der Waals surface area (Å²) in [6, 6.07) is 7.44. The zero-order valence-electron chi connectivity index (χ0n) is 19.0. The molecule has 1 aliphatic rings. The number of carbonyl (C=O) groups excluding carboxylic acids is 1. The van der Waals surface area contributed by atoms with Gasteiger partial charge < -0.3 is 28.8 Å². The van der Waals surface area contributed by atoms with Crippen LogP contribution in [0.4, 0.5) is 0 Å². The first-order valence-electron chi connectivity index (χ1n) is 11.0. The Balaban J connectivity index is 1.34. The number of morpholine rings is 1. The lowest BCUT2D eigenvalue weighted by molar-refractivity contribution is -0.135. The summed E-state index contributed by atoms with van der Waals surface area (Å²) in [5, 5.41) is 1.62. The van der Waals surface area contributed by atoms with Crippen LogP contribution >= 0.6 is 0 Å². The highest BCUT2D eigenvalue weighted by Gasteiger charge is 2.18. The first-order valence-corrected chi connectivity index (χ1v) is 11.0. The summed E-state index contributed by atoms with van der Waals surface area (Å²) in [7, 11) is 1.56. The average Bonchev–Trinajstić information content (AvgIpc) is 3.23. The molecule has 0 atom stereocenters. The molecule has 0 radical (unpaired) electrons. The topological polar surface area (TPSA) is 112 Å². The quantitative estimate of drug-likeness (QED) is 0.445. The lowest BCUT2D eigenvalue weighted by Gasteiger charge is -2.26. The zero-order valence-corrected chi connectivity index (χ0v) is 19.0. The first kappa shape index (κ1) is 21.9. The number of aryl methyl sites for hydroxylation is 1. The smallest absolute Gasteiger partial charge is 0.230 e. The number of aromatic amines is 1. The first-order chi connectivity index (χ1) is 16.6. The molecule has 1 aliphatic heterocycles. The molecule has 10 nitrogen and oxygen atoms in total. The molecule has 0 saturated carbocycles. The Bertz CT molecular complexity index is 1330. The Morgan fingerprint density at radius 3 is 2.79 bits per heavy atom. The fraction of sp³-hybridized carbons (Fsp3) is 0.333. The van der Waals surface area contributed by atoms with Crippen molar-refractivity contribution in [2.75, 3.05) is 40.0 Å². The third kappa shape index (κ3) is 4.58. The fourth-order valence-corrected chi connectivity index (χ4v) is 3.91. The molecule has 1 amide bonds. The number of methoxy groups -OCH3 is 1. The second-order valence-electron chi connectivity index (χ2n) is 7.95. The summed E-state index contributed by atoms with van der Waals surface area (Å²) < 4.78 is 22.8. The third-order valence-corrected chi connectivity index (χ3v) is 5.62. The third-order valence-electron chi connectivity index (χ3n) is 5.62. The van der Waals surface area contributed by atoms with Gasteiger partial charge in [0.25, 0.3) is 0 Å². The van der Waals surface area contributed by atoms with Crippen LogP contribution in [-0.2, 0) is 9.53 Å². The van der Waals surface area contributed by atoms with Crippen molar-refractivity contribution >= 4 is 27.8 Å². The minimum absolute atomic E-state index is 0.0456. The Hall–Kier alpha value is -3.92. The molecule has 1 aromatic carbocycles. The lowest BCUT2D eigenvalue weighted by Crippen LogP contribution is -2.41. The summed E-state index contributed by atoms with van der Waals surface area (Å²) in [5.41, 5.74) is 2.45. The summed E-state index contributed by atoms with van der Waals surface area (Å²) >= 11 is 0. The van der Waals surface area contributed by atoms with Crippen molar-refractivity contribution in [3.8, 4) is 23.1 Å². The van der Waals surface area contributed by atoms with E-state index in [0.717, 1.165) is 16.7 Å². The number of ether oxygens (including phenoxy) is 4. The van der Waals surface area contributed by atoms with Crippen LogP contribution in [0.15, 0.2) is 36.8 Å². The number of aromatic nitrogens is 4. The zero-order chi connectivity index (χ0) is 23.5. The van der Waals surface area contributed by atoms with Crippen LogP contribution in [0, 0.1) is 6.92 Å².